The Morgan fingerprint density at radius 3 is 3.04 bits per heavy atom. The van der Waals surface area contributed by atoms with Crippen LogP contribution in [0, 0.1) is 6.92 Å². The number of furan rings is 1. The molecule has 1 saturated heterocycles. The molecule has 1 N–H and O–H groups in total. The van der Waals surface area contributed by atoms with E-state index in [4.69, 9.17) is 4.42 Å². The van der Waals surface area contributed by atoms with Crippen LogP contribution in [-0.2, 0) is 0 Å². The van der Waals surface area contributed by atoms with Crippen molar-refractivity contribution in [2.24, 2.45) is 0 Å². The second-order valence-corrected chi connectivity index (χ2v) is 6.64. The average Bonchev–Trinajstić information content (AvgIpc) is 3.30. The number of imidazole rings is 1. The van der Waals surface area contributed by atoms with Crippen molar-refractivity contribution in [1.29, 1.82) is 0 Å². The van der Waals surface area contributed by atoms with E-state index < -0.39 is 0 Å². The molecule has 26 heavy (non-hydrogen) atoms. The molecule has 0 aromatic carbocycles. The van der Waals surface area contributed by atoms with E-state index in [-0.39, 0.29) is 17.9 Å². The largest absolute Gasteiger partial charge is 0.459 e. The maximum Gasteiger partial charge on any atom is 0.289 e. The lowest BCUT2D eigenvalue weighted by molar-refractivity contribution is 0.0646. The lowest BCUT2D eigenvalue weighted by Gasteiger charge is -2.32. The number of carbonyl (C=O) groups excluding carboxylic acids is 2. The predicted molar refractivity (Wildman–Crippen MR) is 95.0 cm³/mol. The van der Waals surface area contributed by atoms with Gasteiger partial charge in [0.2, 0.25) is 0 Å². The van der Waals surface area contributed by atoms with Crippen molar-refractivity contribution < 1.29 is 14.0 Å². The molecule has 0 radical (unpaired) electrons. The number of pyridine rings is 1. The molecule has 2 amide bonds. The van der Waals surface area contributed by atoms with Crippen LogP contribution in [0.4, 0.5) is 0 Å². The van der Waals surface area contributed by atoms with Gasteiger partial charge in [-0.25, -0.2) is 4.98 Å². The fraction of sp³-hybridized carbons (Fsp3) is 0.316. The van der Waals surface area contributed by atoms with Gasteiger partial charge in [-0.15, -0.1) is 0 Å². The minimum atomic E-state index is -0.219. The minimum Gasteiger partial charge on any atom is -0.459 e. The van der Waals surface area contributed by atoms with Gasteiger partial charge in [0.05, 0.1) is 6.26 Å². The van der Waals surface area contributed by atoms with Crippen LogP contribution < -0.4 is 5.32 Å². The van der Waals surface area contributed by atoms with Gasteiger partial charge in [-0.1, -0.05) is 0 Å². The Bertz CT molecular complexity index is 945. The molecular weight excluding hydrogens is 332 g/mol. The van der Waals surface area contributed by atoms with Crippen LogP contribution in [0.1, 0.15) is 39.4 Å². The number of fused-ring (bicyclic) bond motifs is 1. The third-order valence-corrected chi connectivity index (χ3v) is 4.62. The van der Waals surface area contributed by atoms with Crippen LogP contribution >= 0.6 is 0 Å². The summed E-state index contributed by atoms with van der Waals surface area (Å²) in [6, 6.07) is 7.16. The molecule has 0 bridgehead atoms. The number of nitrogens with zero attached hydrogens (tertiary/aromatic N) is 3. The first-order chi connectivity index (χ1) is 12.6. The summed E-state index contributed by atoms with van der Waals surface area (Å²) in [5, 5.41) is 3.00. The van der Waals surface area contributed by atoms with Gasteiger partial charge in [0.25, 0.3) is 11.8 Å². The molecule has 1 fully saturated rings. The summed E-state index contributed by atoms with van der Waals surface area (Å²) >= 11 is 0. The summed E-state index contributed by atoms with van der Waals surface area (Å²) in [5.41, 5.74) is 2.22. The Balaban J connectivity index is 1.44. The average molecular weight is 352 g/mol. The van der Waals surface area contributed by atoms with Crippen LogP contribution in [0.3, 0.4) is 0 Å². The highest BCUT2D eigenvalue weighted by atomic mass is 16.3. The summed E-state index contributed by atoms with van der Waals surface area (Å²) in [7, 11) is 0. The fourth-order valence-electron chi connectivity index (χ4n) is 3.29. The standard InChI is InChI=1S/C19H20N4O3/c1-13-6-8-22-12-15(21-17(22)10-13)18(24)20-14-4-2-7-23(11-14)19(25)16-5-3-9-26-16/h3,5-6,8-10,12,14H,2,4,7,11H2,1H3,(H,20,24). The molecule has 1 atom stereocenters. The van der Waals surface area contributed by atoms with Gasteiger partial charge in [0.15, 0.2) is 5.76 Å². The molecule has 1 unspecified atom stereocenters. The Kier molecular flexibility index (Phi) is 4.20. The molecule has 3 aromatic heterocycles. The normalized spacial score (nSPS) is 17.4. The van der Waals surface area contributed by atoms with Crippen molar-refractivity contribution in [3.63, 3.8) is 0 Å². The van der Waals surface area contributed by atoms with Crippen LogP contribution in [-0.4, -0.2) is 45.2 Å². The number of amides is 2. The number of piperidine rings is 1. The zero-order valence-corrected chi connectivity index (χ0v) is 14.5. The number of carbonyl (C=O) groups is 2. The van der Waals surface area contributed by atoms with Gasteiger partial charge < -0.3 is 19.0 Å². The predicted octanol–water partition coefficient (Wildman–Crippen LogP) is 2.27. The number of rotatable bonds is 3. The van der Waals surface area contributed by atoms with E-state index in [1.54, 1.807) is 23.2 Å². The Hall–Kier alpha value is -3.09. The topological polar surface area (TPSA) is 79.9 Å². The Morgan fingerprint density at radius 1 is 1.35 bits per heavy atom. The highest BCUT2D eigenvalue weighted by molar-refractivity contribution is 5.93. The van der Waals surface area contributed by atoms with Crippen molar-refractivity contribution >= 4 is 17.5 Å². The third kappa shape index (κ3) is 3.20. The smallest absolute Gasteiger partial charge is 0.289 e. The van der Waals surface area contributed by atoms with Crippen molar-refractivity contribution in [3.05, 3.63) is 59.9 Å². The Labute approximate surface area is 150 Å². The lowest BCUT2D eigenvalue weighted by Crippen LogP contribution is -2.49. The zero-order valence-electron chi connectivity index (χ0n) is 14.5. The van der Waals surface area contributed by atoms with Gasteiger partial charge in [0.1, 0.15) is 11.3 Å². The van der Waals surface area contributed by atoms with Crippen LogP contribution in [0.2, 0.25) is 0 Å². The van der Waals surface area contributed by atoms with Crippen molar-refractivity contribution in [2.45, 2.75) is 25.8 Å². The maximum atomic E-state index is 12.6. The zero-order chi connectivity index (χ0) is 18.1. The number of nitrogens with one attached hydrogen (secondary N) is 1. The van der Waals surface area contributed by atoms with E-state index in [0.717, 1.165) is 24.1 Å². The summed E-state index contributed by atoms with van der Waals surface area (Å²) in [6.45, 7) is 3.12. The molecule has 4 heterocycles. The third-order valence-electron chi connectivity index (χ3n) is 4.62. The first kappa shape index (κ1) is 16.4. The summed E-state index contributed by atoms with van der Waals surface area (Å²) in [4.78, 5) is 31.1. The highest BCUT2D eigenvalue weighted by Gasteiger charge is 2.27. The number of likely N-dealkylation sites (tertiary alicyclic amines) is 1. The molecule has 4 rings (SSSR count). The number of aryl methyl sites for hydroxylation is 1. The quantitative estimate of drug-likeness (QED) is 0.784. The molecule has 1 aliphatic heterocycles. The molecule has 1 aliphatic rings. The van der Waals surface area contributed by atoms with Gasteiger partial charge >= 0.3 is 0 Å². The molecule has 0 saturated carbocycles. The maximum absolute atomic E-state index is 12.6. The highest BCUT2D eigenvalue weighted by Crippen LogP contribution is 2.15. The van der Waals surface area contributed by atoms with E-state index in [1.807, 2.05) is 29.7 Å². The van der Waals surface area contributed by atoms with E-state index in [0.29, 0.717) is 24.5 Å². The van der Waals surface area contributed by atoms with E-state index in [9.17, 15) is 9.59 Å². The molecule has 3 aromatic rings. The lowest BCUT2D eigenvalue weighted by atomic mass is 10.1. The van der Waals surface area contributed by atoms with Gasteiger partial charge in [-0.2, -0.15) is 0 Å². The van der Waals surface area contributed by atoms with Crippen LogP contribution in [0.5, 0.6) is 0 Å². The van der Waals surface area contributed by atoms with Gasteiger partial charge in [0, 0.05) is 31.5 Å². The van der Waals surface area contributed by atoms with E-state index in [1.165, 1.54) is 6.26 Å². The van der Waals surface area contributed by atoms with Crippen molar-refractivity contribution in [1.82, 2.24) is 19.6 Å². The first-order valence-electron chi connectivity index (χ1n) is 8.69. The summed E-state index contributed by atoms with van der Waals surface area (Å²) in [6.07, 6.45) is 6.76. The minimum absolute atomic E-state index is 0.0956. The second kappa shape index (κ2) is 6.67. The first-order valence-corrected chi connectivity index (χ1v) is 8.69. The molecular formula is C19H20N4O3. The molecule has 7 heteroatoms. The Morgan fingerprint density at radius 2 is 2.23 bits per heavy atom. The summed E-state index contributed by atoms with van der Waals surface area (Å²) in [5.74, 6) is -0.0338. The molecule has 134 valence electrons. The fourth-order valence-corrected chi connectivity index (χ4v) is 3.29. The molecule has 0 aliphatic carbocycles. The number of hydrogen-bond donors (Lipinski definition) is 1. The molecule has 7 nitrogen and oxygen atoms in total. The van der Waals surface area contributed by atoms with E-state index in [2.05, 4.69) is 10.3 Å². The van der Waals surface area contributed by atoms with Gasteiger partial charge in [-0.3, -0.25) is 9.59 Å². The van der Waals surface area contributed by atoms with Crippen molar-refractivity contribution in [3.8, 4) is 0 Å². The van der Waals surface area contributed by atoms with Crippen LogP contribution in [0.15, 0.2) is 47.3 Å². The van der Waals surface area contributed by atoms with Crippen LogP contribution in [0.25, 0.3) is 5.65 Å². The SMILES string of the molecule is Cc1ccn2cc(C(=O)NC3CCCN(C(=O)c4ccco4)C3)nc2c1. The summed E-state index contributed by atoms with van der Waals surface area (Å²) < 4.78 is 7.02. The number of aromatic nitrogens is 2. The molecule has 0 spiro atoms. The monoisotopic (exact) mass is 352 g/mol. The number of hydrogen-bond acceptors (Lipinski definition) is 4. The van der Waals surface area contributed by atoms with Crippen molar-refractivity contribution in [2.75, 3.05) is 13.1 Å². The van der Waals surface area contributed by atoms with Gasteiger partial charge in [-0.05, 0) is 49.6 Å². The van der Waals surface area contributed by atoms with E-state index >= 15 is 0 Å². The second-order valence-electron chi connectivity index (χ2n) is 6.64.